The molecule has 0 saturated carbocycles. The normalized spacial score (nSPS) is 33.8. The lowest BCUT2D eigenvalue weighted by atomic mass is 9.90. The summed E-state index contributed by atoms with van der Waals surface area (Å²) in [6.07, 6.45) is 2.68. The third-order valence-corrected chi connectivity index (χ3v) is 4.27. The van der Waals surface area contributed by atoms with Crippen LogP contribution in [-0.2, 0) is 4.74 Å². The number of hydrogen-bond donors (Lipinski definition) is 5. The highest BCUT2D eigenvalue weighted by Crippen LogP contribution is 2.42. The number of terminal acetylenes is 1. The number of aromatic nitrogens is 2. The minimum Gasteiger partial charge on any atom is -0.391 e. The van der Waals surface area contributed by atoms with E-state index >= 15 is 0 Å². The van der Waals surface area contributed by atoms with Crippen LogP contribution in [0.15, 0.2) is 17.9 Å². The van der Waals surface area contributed by atoms with Gasteiger partial charge in [-0.2, -0.15) is 4.99 Å². The predicted octanol–water partition coefficient (Wildman–Crippen LogP) is -2.04. The van der Waals surface area contributed by atoms with Crippen LogP contribution in [0.3, 0.4) is 0 Å². The molecule has 24 heavy (non-hydrogen) atoms. The standard InChI is InChI=1S/C14H19N7O3/c1-4-14(16)10(23)9(7(3)22)24-12(14)20-5-18-8-6(2)21(17)13(15)19-11(8)20/h1,5,7,9-10,12,22-23H,2,16-17H2,3H3,(H2,15,19)/t7-,9+,10?,12+,14+/m0/s1. The first kappa shape index (κ1) is 16.4. The number of hydrazine groups is 1. The maximum Gasteiger partial charge on any atom is 0.217 e. The van der Waals surface area contributed by atoms with Crippen molar-refractivity contribution in [1.29, 1.82) is 0 Å². The molecule has 1 saturated heterocycles. The second-order valence-corrected chi connectivity index (χ2v) is 5.83. The second kappa shape index (κ2) is 5.30. The van der Waals surface area contributed by atoms with Gasteiger partial charge in [0.05, 0.1) is 18.1 Å². The molecule has 5 atom stereocenters. The lowest BCUT2D eigenvalue weighted by Crippen LogP contribution is -2.54. The van der Waals surface area contributed by atoms with Gasteiger partial charge in [-0.15, -0.1) is 6.42 Å². The number of imidazole rings is 1. The fraction of sp³-hybridized carbons (Fsp3) is 0.429. The molecular weight excluding hydrogens is 314 g/mol. The molecule has 0 aromatic carbocycles. The van der Waals surface area contributed by atoms with Crippen LogP contribution in [0.5, 0.6) is 0 Å². The molecular formula is C14H19N7O3. The highest BCUT2D eigenvalue weighted by atomic mass is 16.5. The van der Waals surface area contributed by atoms with Crippen molar-refractivity contribution >= 4 is 17.5 Å². The van der Waals surface area contributed by atoms with Crippen LogP contribution < -0.4 is 17.3 Å². The summed E-state index contributed by atoms with van der Waals surface area (Å²) in [4.78, 5) is 8.36. The van der Waals surface area contributed by atoms with Gasteiger partial charge in [-0.05, 0) is 6.92 Å². The summed E-state index contributed by atoms with van der Waals surface area (Å²) in [7, 11) is 0. The quantitative estimate of drug-likeness (QED) is 0.305. The smallest absolute Gasteiger partial charge is 0.217 e. The van der Waals surface area contributed by atoms with Crippen molar-refractivity contribution < 1.29 is 14.9 Å². The first-order chi connectivity index (χ1) is 11.2. The van der Waals surface area contributed by atoms with Crippen LogP contribution in [0.1, 0.15) is 18.8 Å². The Morgan fingerprint density at radius 3 is 2.83 bits per heavy atom. The van der Waals surface area contributed by atoms with Crippen molar-refractivity contribution in [2.75, 3.05) is 0 Å². The molecule has 1 unspecified atom stereocenters. The number of hydrogen-bond acceptors (Lipinski definition) is 9. The largest absolute Gasteiger partial charge is 0.391 e. The third-order valence-electron chi connectivity index (χ3n) is 4.27. The molecule has 2 aliphatic heterocycles. The predicted molar refractivity (Wildman–Crippen MR) is 85.9 cm³/mol. The summed E-state index contributed by atoms with van der Waals surface area (Å²) in [6.45, 7) is 5.28. The van der Waals surface area contributed by atoms with Gasteiger partial charge >= 0.3 is 0 Å². The zero-order valence-corrected chi connectivity index (χ0v) is 13.0. The van der Waals surface area contributed by atoms with E-state index < -0.39 is 30.1 Å². The molecule has 2 aliphatic rings. The maximum absolute atomic E-state index is 10.4. The number of guanidine groups is 1. The number of nitrogens with two attached hydrogens (primary N) is 3. The molecule has 128 valence electrons. The number of fused-ring (bicyclic) bond motifs is 1. The van der Waals surface area contributed by atoms with Crippen LogP contribution in [0.4, 0.5) is 5.82 Å². The molecule has 1 fully saturated rings. The summed E-state index contributed by atoms with van der Waals surface area (Å²) in [5.74, 6) is 8.39. The summed E-state index contributed by atoms with van der Waals surface area (Å²) in [5.41, 5.74) is 11.1. The fourth-order valence-corrected chi connectivity index (χ4v) is 2.84. The second-order valence-electron chi connectivity index (χ2n) is 5.83. The zero-order chi connectivity index (χ0) is 17.8. The number of aliphatic hydroxyl groups excluding tert-OH is 2. The van der Waals surface area contributed by atoms with Crippen LogP contribution >= 0.6 is 0 Å². The van der Waals surface area contributed by atoms with Crippen molar-refractivity contribution in [2.45, 2.75) is 37.0 Å². The minimum absolute atomic E-state index is 0.00296. The first-order valence-electron chi connectivity index (χ1n) is 7.15. The lowest BCUT2D eigenvalue weighted by molar-refractivity contribution is -0.0761. The highest BCUT2D eigenvalue weighted by molar-refractivity contribution is 5.93. The SMILES string of the molecule is C#C[C@@]1(N)C(O)[C@@H]([C@H](C)O)O[C@H]1n1cnc2c1N=C(N)N(N)C2=C. The van der Waals surface area contributed by atoms with Crippen LogP contribution in [-0.4, -0.2) is 54.6 Å². The van der Waals surface area contributed by atoms with Crippen LogP contribution in [0.2, 0.25) is 0 Å². The van der Waals surface area contributed by atoms with Gasteiger partial charge in [0.25, 0.3) is 0 Å². The van der Waals surface area contributed by atoms with Crippen molar-refractivity contribution in [3.05, 3.63) is 18.6 Å². The van der Waals surface area contributed by atoms with Crippen molar-refractivity contribution in [3.8, 4) is 12.3 Å². The van der Waals surface area contributed by atoms with Gasteiger partial charge in [-0.3, -0.25) is 4.57 Å². The number of aliphatic imine (C=N–C) groups is 1. The van der Waals surface area contributed by atoms with Gasteiger partial charge in [0.1, 0.15) is 17.9 Å². The molecule has 0 amide bonds. The van der Waals surface area contributed by atoms with Gasteiger partial charge in [0, 0.05) is 0 Å². The monoisotopic (exact) mass is 333 g/mol. The molecule has 8 N–H and O–H groups in total. The van der Waals surface area contributed by atoms with E-state index in [-0.39, 0.29) is 5.96 Å². The summed E-state index contributed by atoms with van der Waals surface area (Å²) in [6, 6.07) is 0. The molecule has 0 radical (unpaired) electrons. The number of ether oxygens (including phenoxy) is 1. The van der Waals surface area contributed by atoms with E-state index in [4.69, 9.17) is 28.5 Å². The lowest BCUT2D eigenvalue weighted by Gasteiger charge is -2.29. The van der Waals surface area contributed by atoms with E-state index in [1.165, 1.54) is 17.8 Å². The van der Waals surface area contributed by atoms with Gasteiger partial charge in [0.2, 0.25) is 5.96 Å². The fourth-order valence-electron chi connectivity index (χ4n) is 2.84. The Morgan fingerprint density at radius 1 is 1.58 bits per heavy atom. The number of aliphatic hydroxyl groups is 2. The Labute approximate surface area is 138 Å². The van der Waals surface area contributed by atoms with E-state index in [2.05, 4.69) is 22.5 Å². The van der Waals surface area contributed by atoms with Crippen molar-refractivity contribution in [3.63, 3.8) is 0 Å². The average molecular weight is 333 g/mol. The van der Waals surface area contributed by atoms with Gasteiger partial charge in [0.15, 0.2) is 17.6 Å². The summed E-state index contributed by atoms with van der Waals surface area (Å²) in [5, 5.41) is 21.3. The molecule has 0 aliphatic carbocycles. The van der Waals surface area contributed by atoms with Gasteiger partial charge in [-0.25, -0.2) is 15.8 Å². The van der Waals surface area contributed by atoms with Crippen molar-refractivity contribution in [2.24, 2.45) is 22.3 Å². The summed E-state index contributed by atoms with van der Waals surface area (Å²) >= 11 is 0. The molecule has 1 aromatic rings. The van der Waals surface area contributed by atoms with E-state index in [0.29, 0.717) is 17.2 Å². The Balaban J connectivity index is 2.10. The number of nitrogens with zero attached hydrogens (tertiary/aromatic N) is 4. The summed E-state index contributed by atoms with van der Waals surface area (Å²) < 4.78 is 7.17. The topological polar surface area (TPSA) is 161 Å². The molecule has 3 heterocycles. The highest BCUT2D eigenvalue weighted by Gasteiger charge is 2.56. The van der Waals surface area contributed by atoms with Crippen LogP contribution in [0.25, 0.3) is 5.70 Å². The van der Waals surface area contributed by atoms with E-state index in [1.54, 1.807) is 0 Å². The Hall–Kier alpha value is -2.42. The molecule has 3 rings (SSSR count). The first-order valence-corrected chi connectivity index (χ1v) is 7.15. The average Bonchev–Trinajstić information content (AvgIpc) is 3.06. The molecule has 1 aromatic heterocycles. The van der Waals surface area contributed by atoms with E-state index in [1.807, 2.05) is 0 Å². The Bertz CT molecular complexity index is 765. The Kier molecular flexibility index (Phi) is 3.63. The van der Waals surface area contributed by atoms with Gasteiger partial charge in [-0.1, -0.05) is 12.5 Å². The van der Waals surface area contributed by atoms with Crippen molar-refractivity contribution in [1.82, 2.24) is 14.6 Å². The zero-order valence-electron chi connectivity index (χ0n) is 13.0. The van der Waals surface area contributed by atoms with Crippen LogP contribution in [0, 0.1) is 12.3 Å². The van der Waals surface area contributed by atoms with E-state index in [9.17, 15) is 10.2 Å². The Morgan fingerprint density at radius 2 is 2.25 bits per heavy atom. The molecule has 0 spiro atoms. The maximum atomic E-state index is 10.4. The molecule has 10 heteroatoms. The van der Waals surface area contributed by atoms with Gasteiger partial charge < -0.3 is 26.4 Å². The molecule has 0 bridgehead atoms. The van der Waals surface area contributed by atoms with E-state index in [0.717, 1.165) is 5.01 Å². The third kappa shape index (κ3) is 2.04. The number of rotatable bonds is 2. The molecule has 10 nitrogen and oxygen atoms in total. The minimum atomic E-state index is -1.60.